The van der Waals surface area contributed by atoms with Gasteiger partial charge in [0.05, 0.1) is 35.1 Å². The van der Waals surface area contributed by atoms with Crippen molar-refractivity contribution in [3.05, 3.63) is 60.4 Å². The fourth-order valence-electron chi connectivity index (χ4n) is 4.26. The van der Waals surface area contributed by atoms with Gasteiger partial charge in [-0.2, -0.15) is 10.2 Å². The summed E-state index contributed by atoms with van der Waals surface area (Å²) in [4.78, 5) is 18.2. The number of amides is 1. The Morgan fingerprint density at radius 1 is 1.13 bits per heavy atom. The Kier molecular flexibility index (Phi) is 4.78. The molecular formula is C23H24N6O. The Labute approximate surface area is 174 Å². The lowest BCUT2D eigenvalue weighted by Gasteiger charge is -2.15. The summed E-state index contributed by atoms with van der Waals surface area (Å²) in [6, 6.07) is 14.0. The predicted octanol–water partition coefficient (Wildman–Crippen LogP) is 4.68. The van der Waals surface area contributed by atoms with Crippen LogP contribution in [-0.2, 0) is 6.54 Å². The number of carbonyl (C=O) groups is 1. The molecule has 5 rings (SSSR count). The van der Waals surface area contributed by atoms with E-state index < -0.39 is 0 Å². The molecule has 1 aromatic carbocycles. The zero-order valence-corrected chi connectivity index (χ0v) is 17.0. The number of fused-ring (bicyclic) bond motifs is 1. The second-order valence-electron chi connectivity index (χ2n) is 7.67. The van der Waals surface area contributed by atoms with Gasteiger partial charge in [-0.15, -0.1) is 0 Å². The lowest BCUT2D eigenvalue weighted by atomic mass is 10.1. The molecule has 0 spiro atoms. The van der Waals surface area contributed by atoms with Gasteiger partial charge < -0.3 is 5.32 Å². The summed E-state index contributed by atoms with van der Waals surface area (Å²) in [6.07, 6.45) is 8.10. The lowest BCUT2D eigenvalue weighted by Crippen LogP contribution is -2.18. The minimum absolute atomic E-state index is 0.171. The summed E-state index contributed by atoms with van der Waals surface area (Å²) >= 11 is 0. The first kappa shape index (κ1) is 18.5. The van der Waals surface area contributed by atoms with E-state index in [0.717, 1.165) is 35.3 Å². The Balaban J connectivity index is 1.56. The van der Waals surface area contributed by atoms with Gasteiger partial charge in [-0.05, 0) is 25.8 Å². The van der Waals surface area contributed by atoms with E-state index in [-0.39, 0.29) is 5.91 Å². The van der Waals surface area contributed by atoms with E-state index >= 15 is 0 Å². The van der Waals surface area contributed by atoms with Crippen molar-refractivity contribution >= 4 is 22.8 Å². The molecule has 1 saturated carbocycles. The number of nitrogens with one attached hydrogen (secondary N) is 1. The second kappa shape index (κ2) is 7.74. The van der Waals surface area contributed by atoms with Crippen molar-refractivity contribution in [1.82, 2.24) is 24.5 Å². The molecule has 0 unspecified atom stereocenters. The number of rotatable bonds is 5. The van der Waals surface area contributed by atoms with Crippen molar-refractivity contribution in [3.63, 3.8) is 0 Å². The van der Waals surface area contributed by atoms with Crippen LogP contribution in [0.4, 0.5) is 5.82 Å². The first-order valence-electron chi connectivity index (χ1n) is 10.5. The molecule has 7 nitrogen and oxygen atoms in total. The van der Waals surface area contributed by atoms with Crippen LogP contribution in [0, 0.1) is 0 Å². The molecule has 0 radical (unpaired) electrons. The van der Waals surface area contributed by atoms with E-state index in [1.54, 1.807) is 12.4 Å². The van der Waals surface area contributed by atoms with Gasteiger partial charge in [0.15, 0.2) is 5.65 Å². The highest BCUT2D eigenvalue weighted by atomic mass is 16.1. The summed E-state index contributed by atoms with van der Waals surface area (Å²) in [7, 11) is 0. The van der Waals surface area contributed by atoms with Crippen LogP contribution in [0.5, 0.6) is 0 Å². The number of aryl methyl sites for hydroxylation is 1. The first-order chi connectivity index (χ1) is 14.7. The second-order valence-corrected chi connectivity index (χ2v) is 7.67. The highest BCUT2D eigenvalue weighted by Gasteiger charge is 2.22. The van der Waals surface area contributed by atoms with Crippen molar-refractivity contribution in [2.45, 2.75) is 45.2 Å². The third-order valence-electron chi connectivity index (χ3n) is 5.81. The fourth-order valence-corrected chi connectivity index (χ4v) is 4.26. The number of aromatic nitrogens is 5. The maximum atomic E-state index is 13.4. The van der Waals surface area contributed by atoms with Crippen LogP contribution in [0.15, 0.2) is 54.9 Å². The third-order valence-corrected chi connectivity index (χ3v) is 5.81. The molecule has 0 atom stereocenters. The van der Waals surface area contributed by atoms with Gasteiger partial charge in [-0.1, -0.05) is 43.2 Å². The summed E-state index contributed by atoms with van der Waals surface area (Å²) in [5, 5.41) is 12.7. The minimum Gasteiger partial charge on any atom is -0.307 e. The number of hydrogen-bond acceptors (Lipinski definition) is 4. The van der Waals surface area contributed by atoms with E-state index in [1.165, 1.54) is 12.8 Å². The van der Waals surface area contributed by atoms with E-state index in [1.807, 2.05) is 58.8 Å². The van der Waals surface area contributed by atoms with E-state index in [4.69, 9.17) is 4.98 Å². The van der Waals surface area contributed by atoms with Crippen LogP contribution in [0.2, 0.25) is 0 Å². The lowest BCUT2D eigenvalue weighted by molar-refractivity contribution is 0.102. The molecule has 7 heteroatoms. The van der Waals surface area contributed by atoms with E-state index in [9.17, 15) is 4.79 Å². The predicted molar refractivity (Wildman–Crippen MR) is 116 cm³/mol. The van der Waals surface area contributed by atoms with Crippen molar-refractivity contribution < 1.29 is 4.79 Å². The van der Waals surface area contributed by atoms with E-state index in [2.05, 4.69) is 15.5 Å². The Morgan fingerprint density at radius 2 is 1.93 bits per heavy atom. The van der Waals surface area contributed by atoms with Crippen LogP contribution < -0.4 is 5.32 Å². The Hall–Kier alpha value is -3.48. The van der Waals surface area contributed by atoms with Crippen LogP contribution in [0.1, 0.15) is 49.0 Å². The molecule has 1 amide bonds. The minimum atomic E-state index is -0.171. The van der Waals surface area contributed by atoms with Gasteiger partial charge in [0.1, 0.15) is 5.82 Å². The largest absolute Gasteiger partial charge is 0.307 e. The number of carbonyl (C=O) groups excluding carboxylic acids is 1. The topological polar surface area (TPSA) is 77.6 Å². The van der Waals surface area contributed by atoms with Gasteiger partial charge in [0, 0.05) is 18.2 Å². The highest BCUT2D eigenvalue weighted by Crippen LogP contribution is 2.32. The number of hydrogen-bond donors (Lipinski definition) is 1. The zero-order chi connectivity index (χ0) is 20.5. The first-order valence-corrected chi connectivity index (χ1v) is 10.5. The molecular weight excluding hydrogens is 376 g/mol. The van der Waals surface area contributed by atoms with Crippen LogP contribution in [-0.4, -0.2) is 30.5 Å². The van der Waals surface area contributed by atoms with Crippen LogP contribution in [0.25, 0.3) is 22.3 Å². The molecule has 0 bridgehead atoms. The number of nitrogens with zero attached hydrogens (tertiary/aromatic N) is 5. The molecule has 0 saturated heterocycles. The highest BCUT2D eigenvalue weighted by molar-refractivity contribution is 6.12. The fraction of sp³-hybridized carbons (Fsp3) is 0.304. The standard InChI is InChI=1S/C23H24N6O/c1-2-28-22-19(15-25-28)18(14-20(26-22)16-8-4-3-5-9-16)23(30)27-21-12-13-24-29(21)17-10-6-7-11-17/h3-5,8-9,12-15,17H,2,6-7,10-11H2,1H3,(H,27,30). The van der Waals surface area contributed by atoms with Crippen molar-refractivity contribution in [3.8, 4) is 11.3 Å². The Bertz CT molecular complexity index is 1190. The molecule has 1 aliphatic carbocycles. The number of anilines is 1. The summed E-state index contributed by atoms with van der Waals surface area (Å²) < 4.78 is 3.78. The maximum Gasteiger partial charge on any atom is 0.257 e. The zero-order valence-electron chi connectivity index (χ0n) is 17.0. The molecule has 1 aliphatic rings. The Morgan fingerprint density at radius 3 is 2.70 bits per heavy atom. The molecule has 3 aromatic heterocycles. The van der Waals surface area contributed by atoms with Gasteiger partial charge in [0.2, 0.25) is 0 Å². The van der Waals surface area contributed by atoms with E-state index in [0.29, 0.717) is 23.8 Å². The molecule has 4 aromatic rings. The molecule has 1 fully saturated rings. The summed E-state index contributed by atoms with van der Waals surface area (Å²) in [6.45, 7) is 2.70. The van der Waals surface area contributed by atoms with Gasteiger partial charge in [-0.25, -0.2) is 14.3 Å². The summed E-state index contributed by atoms with van der Waals surface area (Å²) in [5.74, 6) is 0.566. The average Bonchev–Trinajstić information content (AvgIpc) is 3.53. The van der Waals surface area contributed by atoms with Crippen molar-refractivity contribution in [2.75, 3.05) is 5.32 Å². The van der Waals surface area contributed by atoms with Gasteiger partial charge in [-0.3, -0.25) is 4.79 Å². The molecule has 3 heterocycles. The monoisotopic (exact) mass is 400 g/mol. The smallest absolute Gasteiger partial charge is 0.257 e. The quantitative estimate of drug-likeness (QED) is 0.527. The molecule has 0 aliphatic heterocycles. The van der Waals surface area contributed by atoms with Crippen LogP contribution >= 0.6 is 0 Å². The third kappa shape index (κ3) is 3.26. The van der Waals surface area contributed by atoms with Gasteiger partial charge >= 0.3 is 0 Å². The SMILES string of the molecule is CCn1ncc2c(C(=O)Nc3ccnn3C3CCCC3)cc(-c3ccccc3)nc21. The molecule has 1 N–H and O–H groups in total. The molecule has 30 heavy (non-hydrogen) atoms. The van der Waals surface area contributed by atoms with Gasteiger partial charge in [0.25, 0.3) is 5.91 Å². The average molecular weight is 400 g/mol. The number of benzene rings is 1. The summed E-state index contributed by atoms with van der Waals surface area (Å²) in [5.41, 5.74) is 3.01. The van der Waals surface area contributed by atoms with Crippen molar-refractivity contribution in [1.29, 1.82) is 0 Å². The normalized spacial score (nSPS) is 14.4. The molecule has 152 valence electrons. The maximum absolute atomic E-state index is 13.4. The van der Waals surface area contributed by atoms with Crippen LogP contribution in [0.3, 0.4) is 0 Å². The number of pyridine rings is 1. The van der Waals surface area contributed by atoms with Crippen molar-refractivity contribution in [2.24, 2.45) is 0 Å².